The zero-order valence-corrected chi connectivity index (χ0v) is 11.6. The van der Waals surface area contributed by atoms with Gasteiger partial charge in [0.2, 0.25) is 5.91 Å². The number of anilines is 1. The Hall–Kier alpha value is -1.77. The summed E-state index contributed by atoms with van der Waals surface area (Å²) < 4.78 is 4.85. The van der Waals surface area contributed by atoms with E-state index >= 15 is 0 Å². The number of halogens is 1. The summed E-state index contributed by atoms with van der Waals surface area (Å²) in [6, 6.07) is 6.48. The predicted molar refractivity (Wildman–Crippen MR) is 74.1 cm³/mol. The Labute approximate surface area is 117 Å². The van der Waals surface area contributed by atoms with E-state index in [2.05, 4.69) is 10.6 Å². The average Bonchev–Trinajstić information content (AvgIpc) is 2.40. The standard InChI is InChI=1S/C13H16ClN3O2/c1-9(13(18)16-5-6-19-2)17-12-4-3-11(14)7-10(12)8-15/h3-4,7,9,17H,5-6H2,1-2H3,(H,16,18). The number of nitriles is 1. The minimum Gasteiger partial charge on any atom is -0.383 e. The number of hydrogen-bond donors (Lipinski definition) is 2. The van der Waals surface area contributed by atoms with Gasteiger partial charge in [-0.15, -0.1) is 0 Å². The third-order valence-electron chi connectivity index (χ3n) is 2.47. The fourth-order valence-corrected chi connectivity index (χ4v) is 1.64. The first-order chi connectivity index (χ1) is 9.08. The van der Waals surface area contributed by atoms with Crippen molar-refractivity contribution in [2.75, 3.05) is 25.6 Å². The highest BCUT2D eigenvalue weighted by molar-refractivity contribution is 6.30. The van der Waals surface area contributed by atoms with E-state index in [4.69, 9.17) is 21.6 Å². The molecule has 0 radical (unpaired) electrons. The minimum absolute atomic E-state index is 0.157. The van der Waals surface area contributed by atoms with Crippen molar-refractivity contribution in [3.8, 4) is 6.07 Å². The molecule has 1 aromatic carbocycles. The first-order valence-corrected chi connectivity index (χ1v) is 6.19. The van der Waals surface area contributed by atoms with Crippen LogP contribution in [0.15, 0.2) is 18.2 Å². The number of benzene rings is 1. The maximum atomic E-state index is 11.8. The van der Waals surface area contributed by atoms with E-state index in [0.29, 0.717) is 29.4 Å². The van der Waals surface area contributed by atoms with Gasteiger partial charge in [0.1, 0.15) is 12.1 Å². The fourth-order valence-electron chi connectivity index (χ4n) is 1.46. The lowest BCUT2D eigenvalue weighted by molar-refractivity contribution is -0.121. The van der Waals surface area contributed by atoms with Crippen LogP contribution in [-0.4, -0.2) is 32.2 Å². The number of methoxy groups -OCH3 is 1. The van der Waals surface area contributed by atoms with Gasteiger partial charge in [0.25, 0.3) is 0 Å². The highest BCUT2D eigenvalue weighted by atomic mass is 35.5. The molecule has 19 heavy (non-hydrogen) atoms. The largest absolute Gasteiger partial charge is 0.383 e. The number of nitrogens with one attached hydrogen (secondary N) is 2. The van der Waals surface area contributed by atoms with Crippen molar-refractivity contribution in [2.45, 2.75) is 13.0 Å². The molecule has 0 aliphatic rings. The number of ether oxygens (including phenoxy) is 1. The molecule has 0 aliphatic carbocycles. The molecule has 0 aliphatic heterocycles. The number of carbonyl (C=O) groups excluding carboxylic acids is 1. The van der Waals surface area contributed by atoms with E-state index < -0.39 is 6.04 Å². The number of hydrogen-bond acceptors (Lipinski definition) is 4. The molecule has 1 unspecified atom stereocenters. The minimum atomic E-state index is -0.454. The fraction of sp³-hybridized carbons (Fsp3) is 0.385. The summed E-state index contributed by atoms with van der Waals surface area (Å²) in [6.07, 6.45) is 0. The first kappa shape index (κ1) is 15.3. The molecular formula is C13H16ClN3O2. The second kappa shape index (κ2) is 7.62. The Bertz CT molecular complexity index is 485. The normalized spacial score (nSPS) is 11.5. The molecule has 0 saturated carbocycles. The SMILES string of the molecule is COCCNC(=O)C(C)Nc1ccc(Cl)cc1C#N. The maximum Gasteiger partial charge on any atom is 0.242 e. The topological polar surface area (TPSA) is 74.2 Å². The second-order valence-electron chi connectivity index (χ2n) is 3.95. The van der Waals surface area contributed by atoms with Crippen molar-refractivity contribution in [2.24, 2.45) is 0 Å². The summed E-state index contributed by atoms with van der Waals surface area (Å²) in [5.74, 6) is -0.157. The number of carbonyl (C=O) groups is 1. The van der Waals surface area contributed by atoms with Crippen LogP contribution in [-0.2, 0) is 9.53 Å². The Morgan fingerprint density at radius 2 is 2.32 bits per heavy atom. The van der Waals surface area contributed by atoms with E-state index in [0.717, 1.165) is 0 Å². The Morgan fingerprint density at radius 3 is 2.95 bits per heavy atom. The van der Waals surface area contributed by atoms with Crippen LogP contribution in [0, 0.1) is 11.3 Å². The highest BCUT2D eigenvalue weighted by Gasteiger charge is 2.13. The van der Waals surface area contributed by atoms with E-state index in [1.165, 1.54) is 0 Å². The van der Waals surface area contributed by atoms with E-state index in [-0.39, 0.29) is 5.91 Å². The summed E-state index contributed by atoms with van der Waals surface area (Å²) in [7, 11) is 1.57. The van der Waals surface area contributed by atoms with E-state index in [9.17, 15) is 4.79 Å². The van der Waals surface area contributed by atoms with Crippen molar-refractivity contribution in [3.63, 3.8) is 0 Å². The molecule has 0 heterocycles. The van der Waals surface area contributed by atoms with Crippen LogP contribution >= 0.6 is 11.6 Å². The molecule has 0 aromatic heterocycles. The van der Waals surface area contributed by atoms with E-state index in [1.807, 2.05) is 6.07 Å². The van der Waals surface area contributed by atoms with Gasteiger partial charge in [-0.25, -0.2) is 0 Å². The zero-order chi connectivity index (χ0) is 14.3. The van der Waals surface area contributed by atoms with Gasteiger partial charge in [0.05, 0.1) is 17.9 Å². The van der Waals surface area contributed by atoms with Crippen LogP contribution in [0.1, 0.15) is 12.5 Å². The van der Waals surface area contributed by atoms with Crippen molar-refractivity contribution in [1.29, 1.82) is 5.26 Å². The van der Waals surface area contributed by atoms with Gasteiger partial charge < -0.3 is 15.4 Å². The zero-order valence-electron chi connectivity index (χ0n) is 10.9. The molecule has 5 nitrogen and oxygen atoms in total. The van der Waals surface area contributed by atoms with Gasteiger partial charge in [0.15, 0.2) is 0 Å². The Morgan fingerprint density at radius 1 is 1.58 bits per heavy atom. The molecular weight excluding hydrogens is 266 g/mol. The molecule has 0 spiro atoms. The lowest BCUT2D eigenvalue weighted by Gasteiger charge is -2.16. The van der Waals surface area contributed by atoms with Crippen molar-refractivity contribution < 1.29 is 9.53 Å². The van der Waals surface area contributed by atoms with Gasteiger partial charge in [-0.3, -0.25) is 4.79 Å². The molecule has 1 rings (SSSR count). The third-order valence-corrected chi connectivity index (χ3v) is 2.71. The molecule has 0 fully saturated rings. The number of nitrogens with zero attached hydrogens (tertiary/aromatic N) is 1. The highest BCUT2D eigenvalue weighted by Crippen LogP contribution is 2.20. The molecule has 6 heteroatoms. The van der Waals surface area contributed by atoms with Crippen molar-refractivity contribution >= 4 is 23.2 Å². The predicted octanol–water partition coefficient (Wildman–Crippen LogP) is 1.77. The van der Waals surface area contributed by atoms with Crippen LogP contribution in [0.2, 0.25) is 5.02 Å². The van der Waals surface area contributed by atoms with Gasteiger partial charge >= 0.3 is 0 Å². The summed E-state index contributed by atoms with van der Waals surface area (Å²) in [5.41, 5.74) is 0.991. The molecule has 0 bridgehead atoms. The monoisotopic (exact) mass is 281 g/mol. The Kier molecular flexibility index (Phi) is 6.13. The number of rotatable bonds is 6. The van der Waals surface area contributed by atoms with Crippen LogP contribution < -0.4 is 10.6 Å². The molecule has 2 N–H and O–H groups in total. The van der Waals surface area contributed by atoms with Crippen LogP contribution in [0.25, 0.3) is 0 Å². The summed E-state index contributed by atoms with van der Waals surface area (Å²) in [5, 5.41) is 15.2. The molecule has 1 atom stereocenters. The average molecular weight is 282 g/mol. The summed E-state index contributed by atoms with van der Waals surface area (Å²) in [4.78, 5) is 11.8. The van der Waals surface area contributed by atoms with Gasteiger partial charge in [-0.1, -0.05) is 11.6 Å². The third kappa shape index (κ3) is 4.78. The first-order valence-electron chi connectivity index (χ1n) is 5.81. The summed E-state index contributed by atoms with van der Waals surface area (Å²) >= 11 is 5.81. The molecule has 1 aromatic rings. The van der Waals surface area contributed by atoms with Gasteiger partial charge in [-0.2, -0.15) is 5.26 Å². The molecule has 1 amide bonds. The maximum absolute atomic E-state index is 11.8. The molecule has 102 valence electrons. The lowest BCUT2D eigenvalue weighted by atomic mass is 10.1. The summed E-state index contributed by atoms with van der Waals surface area (Å²) in [6.45, 7) is 2.63. The lowest BCUT2D eigenvalue weighted by Crippen LogP contribution is -2.39. The van der Waals surface area contributed by atoms with Crippen LogP contribution in [0.5, 0.6) is 0 Å². The van der Waals surface area contributed by atoms with Crippen molar-refractivity contribution in [1.82, 2.24) is 5.32 Å². The quantitative estimate of drug-likeness (QED) is 0.780. The molecule has 0 saturated heterocycles. The Balaban J connectivity index is 2.64. The smallest absolute Gasteiger partial charge is 0.242 e. The second-order valence-corrected chi connectivity index (χ2v) is 4.39. The van der Waals surface area contributed by atoms with Crippen molar-refractivity contribution in [3.05, 3.63) is 28.8 Å². The van der Waals surface area contributed by atoms with Crippen LogP contribution in [0.4, 0.5) is 5.69 Å². The van der Waals surface area contributed by atoms with Gasteiger partial charge in [0, 0.05) is 18.7 Å². The number of amides is 1. The van der Waals surface area contributed by atoms with Gasteiger partial charge in [-0.05, 0) is 25.1 Å². The van der Waals surface area contributed by atoms with Crippen LogP contribution in [0.3, 0.4) is 0 Å². The van der Waals surface area contributed by atoms with E-state index in [1.54, 1.807) is 32.2 Å².